The number of amides is 1. The summed E-state index contributed by atoms with van der Waals surface area (Å²) in [5.41, 5.74) is 2.76. The Morgan fingerprint density at radius 3 is 2.42 bits per heavy atom. The van der Waals surface area contributed by atoms with Crippen LogP contribution < -0.4 is 0 Å². The number of carbonyl (C=O) groups is 1. The number of nitrogens with one attached hydrogen (secondary N) is 1. The normalized spacial score (nSPS) is 15.5. The van der Waals surface area contributed by atoms with Crippen LogP contribution in [-0.2, 0) is 6.54 Å². The fourth-order valence-corrected chi connectivity index (χ4v) is 3.22. The minimum Gasteiger partial charge on any atom is -0.353 e. The minimum absolute atomic E-state index is 0.0267. The van der Waals surface area contributed by atoms with Gasteiger partial charge in [-0.2, -0.15) is 0 Å². The van der Waals surface area contributed by atoms with Crippen LogP contribution in [0.25, 0.3) is 0 Å². The van der Waals surface area contributed by atoms with Gasteiger partial charge in [-0.25, -0.2) is 4.39 Å². The number of halogens is 1. The van der Waals surface area contributed by atoms with E-state index >= 15 is 0 Å². The Balaban J connectivity index is 1.73. The van der Waals surface area contributed by atoms with Crippen molar-refractivity contribution in [2.75, 3.05) is 21.1 Å². The van der Waals surface area contributed by atoms with Gasteiger partial charge in [-0.3, -0.25) is 9.69 Å². The van der Waals surface area contributed by atoms with Crippen LogP contribution in [0.3, 0.4) is 0 Å². The summed E-state index contributed by atoms with van der Waals surface area (Å²) < 4.78 is 13.2. The number of hydrogen-bond donors (Lipinski definition) is 1. The van der Waals surface area contributed by atoms with Gasteiger partial charge >= 0.3 is 0 Å². The molecule has 1 amide bonds. The number of carbonyl (C=O) groups excluding carboxylic acids is 1. The fourth-order valence-electron chi connectivity index (χ4n) is 3.22. The van der Waals surface area contributed by atoms with E-state index in [9.17, 15) is 9.18 Å². The van der Waals surface area contributed by atoms with Gasteiger partial charge in [0.2, 0.25) is 0 Å². The van der Waals surface area contributed by atoms with Crippen LogP contribution in [0.15, 0.2) is 36.4 Å². The average Bonchev–Trinajstić information content (AvgIpc) is 3.27. The van der Waals surface area contributed by atoms with E-state index in [1.54, 1.807) is 19.0 Å². The van der Waals surface area contributed by atoms with Gasteiger partial charge in [-0.1, -0.05) is 12.1 Å². The molecule has 1 aromatic heterocycles. The zero-order valence-electron chi connectivity index (χ0n) is 14.4. The van der Waals surface area contributed by atoms with Crippen LogP contribution in [-0.4, -0.2) is 41.8 Å². The van der Waals surface area contributed by atoms with Crippen LogP contribution in [0.2, 0.25) is 0 Å². The number of H-pyrrole nitrogens is 1. The average molecular weight is 329 g/mol. The largest absolute Gasteiger partial charge is 0.353 e. The van der Waals surface area contributed by atoms with Gasteiger partial charge in [0.05, 0.1) is 0 Å². The summed E-state index contributed by atoms with van der Waals surface area (Å²) >= 11 is 0. The number of aromatic amines is 1. The first-order chi connectivity index (χ1) is 11.5. The van der Waals surface area contributed by atoms with Gasteiger partial charge in [-0.15, -0.1) is 0 Å². The Morgan fingerprint density at radius 2 is 1.83 bits per heavy atom. The number of rotatable bonds is 6. The summed E-state index contributed by atoms with van der Waals surface area (Å²) in [5, 5.41) is 0. The van der Waals surface area contributed by atoms with Crippen molar-refractivity contribution in [3.8, 4) is 0 Å². The Hall–Kier alpha value is -2.14. The topological polar surface area (TPSA) is 39.3 Å². The van der Waals surface area contributed by atoms with Gasteiger partial charge in [-0.05, 0) is 55.6 Å². The van der Waals surface area contributed by atoms with E-state index in [2.05, 4.69) is 16.9 Å². The molecule has 1 aliphatic rings. The smallest absolute Gasteiger partial charge is 0.269 e. The maximum atomic E-state index is 13.2. The predicted octanol–water partition coefficient (Wildman–Crippen LogP) is 3.44. The van der Waals surface area contributed by atoms with Crippen LogP contribution in [0.1, 0.15) is 40.6 Å². The summed E-state index contributed by atoms with van der Waals surface area (Å²) in [6.07, 6.45) is 2.42. The molecule has 1 aromatic carbocycles. The summed E-state index contributed by atoms with van der Waals surface area (Å²) in [5.74, 6) is 0.395. The number of benzene rings is 1. The first-order valence-corrected chi connectivity index (χ1v) is 8.31. The van der Waals surface area contributed by atoms with Gasteiger partial charge in [0.25, 0.3) is 5.91 Å². The molecule has 0 aliphatic heterocycles. The Kier molecular flexibility index (Phi) is 4.71. The molecule has 5 heteroatoms. The second-order valence-electron chi connectivity index (χ2n) is 6.85. The molecule has 24 heavy (non-hydrogen) atoms. The van der Waals surface area contributed by atoms with E-state index in [1.807, 2.05) is 24.3 Å². The summed E-state index contributed by atoms with van der Waals surface area (Å²) in [6.45, 7) is 0.721. The van der Waals surface area contributed by atoms with Crippen LogP contribution >= 0.6 is 0 Å². The van der Waals surface area contributed by atoms with Gasteiger partial charge in [0.1, 0.15) is 11.5 Å². The highest BCUT2D eigenvalue weighted by Gasteiger charge is 2.35. The van der Waals surface area contributed by atoms with Crippen LogP contribution in [0, 0.1) is 11.7 Å². The van der Waals surface area contributed by atoms with Crippen molar-refractivity contribution < 1.29 is 9.18 Å². The van der Waals surface area contributed by atoms with Crippen molar-refractivity contribution >= 4 is 5.91 Å². The van der Waals surface area contributed by atoms with Gasteiger partial charge in [0.15, 0.2) is 0 Å². The second kappa shape index (κ2) is 6.77. The SMILES string of the molecule is CN(C)C(=O)c1ccc(CN(C)C(c2ccc(F)cc2)C2CC2)[nH]1. The lowest BCUT2D eigenvalue weighted by Gasteiger charge is -2.28. The van der Waals surface area contributed by atoms with Crippen LogP contribution in [0.4, 0.5) is 4.39 Å². The summed E-state index contributed by atoms with van der Waals surface area (Å²) in [4.78, 5) is 19.0. The lowest BCUT2D eigenvalue weighted by molar-refractivity contribution is 0.0822. The number of hydrogen-bond acceptors (Lipinski definition) is 2. The van der Waals surface area contributed by atoms with Crippen molar-refractivity contribution in [3.63, 3.8) is 0 Å². The van der Waals surface area contributed by atoms with E-state index < -0.39 is 0 Å². The Bertz CT molecular complexity index is 704. The minimum atomic E-state index is -0.202. The molecule has 1 N–H and O–H groups in total. The highest BCUT2D eigenvalue weighted by Crippen LogP contribution is 2.44. The van der Waals surface area contributed by atoms with Crippen LogP contribution in [0.5, 0.6) is 0 Å². The molecular weight excluding hydrogens is 305 g/mol. The standard InChI is InChI=1S/C19H24FN3O/c1-22(2)19(24)17-11-10-16(21-17)12-23(3)18(13-4-5-13)14-6-8-15(20)9-7-14/h6-11,13,18,21H,4-5,12H2,1-3H3. The Labute approximate surface area is 142 Å². The van der Waals surface area contributed by atoms with E-state index in [0.29, 0.717) is 11.6 Å². The van der Waals surface area contributed by atoms with E-state index in [4.69, 9.17) is 0 Å². The molecule has 1 heterocycles. The molecule has 1 unspecified atom stereocenters. The molecule has 1 atom stereocenters. The first-order valence-electron chi connectivity index (χ1n) is 8.31. The third-order valence-electron chi connectivity index (χ3n) is 4.56. The summed E-state index contributed by atoms with van der Waals surface area (Å²) in [7, 11) is 5.57. The van der Waals surface area contributed by atoms with E-state index in [0.717, 1.165) is 17.8 Å². The van der Waals surface area contributed by atoms with Gasteiger partial charge < -0.3 is 9.88 Å². The summed E-state index contributed by atoms with van der Waals surface area (Å²) in [6, 6.07) is 10.9. The highest BCUT2D eigenvalue weighted by atomic mass is 19.1. The highest BCUT2D eigenvalue weighted by molar-refractivity contribution is 5.92. The molecule has 1 fully saturated rings. The molecule has 0 saturated heterocycles. The molecule has 0 bridgehead atoms. The van der Waals surface area contributed by atoms with E-state index in [-0.39, 0.29) is 17.8 Å². The fraction of sp³-hybridized carbons (Fsp3) is 0.421. The molecule has 128 valence electrons. The molecule has 4 nitrogen and oxygen atoms in total. The zero-order valence-corrected chi connectivity index (χ0v) is 14.4. The van der Waals surface area contributed by atoms with Crippen molar-refractivity contribution in [3.05, 3.63) is 59.2 Å². The molecule has 3 rings (SSSR count). The lowest BCUT2D eigenvalue weighted by atomic mass is 10.0. The maximum absolute atomic E-state index is 13.2. The molecule has 1 aliphatic carbocycles. The third-order valence-corrected chi connectivity index (χ3v) is 4.56. The van der Waals surface area contributed by atoms with Crippen molar-refractivity contribution in [1.82, 2.24) is 14.8 Å². The predicted molar refractivity (Wildman–Crippen MR) is 92.1 cm³/mol. The molecular formula is C19H24FN3O. The first kappa shape index (κ1) is 16.7. The van der Waals surface area contributed by atoms with Gasteiger partial charge in [0, 0.05) is 32.4 Å². The lowest BCUT2D eigenvalue weighted by Crippen LogP contribution is -2.26. The molecule has 1 saturated carbocycles. The monoisotopic (exact) mass is 329 g/mol. The molecule has 0 spiro atoms. The Morgan fingerprint density at radius 1 is 1.17 bits per heavy atom. The third kappa shape index (κ3) is 3.67. The van der Waals surface area contributed by atoms with Crippen molar-refractivity contribution in [2.24, 2.45) is 5.92 Å². The molecule has 0 radical (unpaired) electrons. The quantitative estimate of drug-likeness (QED) is 0.882. The second-order valence-corrected chi connectivity index (χ2v) is 6.85. The van der Waals surface area contributed by atoms with Crippen molar-refractivity contribution in [1.29, 1.82) is 0 Å². The number of aromatic nitrogens is 1. The molecule has 2 aromatic rings. The zero-order chi connectivity index (χ0) is 17.3. The van der Waals surface area contributed by atoms with Crippen molar-refractivity contribution in [2.45, 2.75) is 25.4 Å². The van der Waals surface area contributed by atoms with E-state index in [1.165, 1.54) is 25.0 Å². The maximum Gasteiger partial charge on any atom is 0.269 e. The number of nitrogens with zero attached hydrogens (tertiary/aromatic N) is 2.